The number of carbonyl (C=O) groups excluding carboxylic acids is 1. The number of nitrogens with one attached hydrogen (secondary N) is 1. The molecule has 1 aromatic rings. The van der Waals surface area contributed by atoms with Gasteiger partial charge in [0.2, 0.25) is 0 Å². The molecule has 1 aromatic heterocycles. The van der Waals surface area contributed by atoms with Crippen LogP contribution in [0.15, 0.2) is 12.4 Å². The highest BCUT2D eigenvalue weighted by Crippen LogP contribution is 2.08. The van der Waals surface area contributed by atoms with Gasteiger partial charge in [-0.2, -0.15) is 0 Å². The van der Waals surface area contributed by atoms with E-state index >= 15 is 0 Å². The van der Waals surface area contributed by atoms with E-state index in [2.05, 4.69) is 29.8 Å². The molecule has 0 saturated carbocycles. The van der Waals surface area contributed by atoms with Crippen molar-refractivity contribution >= 4 is 23.4 Å². The van der Waals surface area contributed by atoms with Crippen LogP contribution in [0.4, 0.5) is 5.82 Å². The predicted octanol–water partition coefficient (Wildman–Crippen LogP) is 0.333. The number of piperazine rings is 1. The van der Waals surface area contributed by atoms with Crippen LogP contribution in [0.3, 0.4) is 0 Å². The number of hydrogen-bond donors (Lipinski definition) is 1. The Balaban J connectivity index is 1.64. The molecule has 8 heteroatoms. The van der Waals surface area contributed by atoms with Gasteiger partial charge in [-0.05, 0) is 0 Å². The molecule has 0 aromatic carbocycles. The summed E-state index contributed by atoms with van der Waals surface area (Å²) in [4.78, 5) is 23.6. The lowest BCUT2D eigenvalue weighted by molar-refractivity contribution is -0.142. The lowest BCUT2D eigenvalue weighted by atomic mass is 10.3. The van der Waals surface area contributed by atoms with Crippen molar-refractivity contribution in [1.82, 2.24) is 19.8 Å². The van der Waals surface area contributed by atoms with Crippen LogP contribution >= 0.6 is 11.6 Å². The van der Waals surface area contributed by atoms with Crippen molar-refractivity contribution in [2.75, 3.05) is 58.2 Å². The fraction of sp³-hybridized carbons (Fsp3) is 0.615. The number of anilines is 1. The normalized spacial score (nSPS) is 16.7. The molecule has 21 heavy (non-hydrogen) atoms. The van der Waals surface area contributed by atoms with Gasteiger partial charge in [-0.1, -0.05) is 11.6 Å². The molecule has 0 atom stereocenters. The molecule has 116 valence electrons. The molecule has 0 aliphatic carbocycles. The monoisotopic (exact) mass is 313 g/mol. The zero-order chi connectivity index (χ0) is 15.1. The number of esters is 1. The number of methoxy groups -OCH3 is 1. The van der Waals surface area contributed by atoms with Crippen LogP contribution in [0.1, 0.15) is 0 Å². The molecule has 2 rings (SSSR count). The highest BCUT2D eigenvalue weighted by Gasteiger charge is 2.18. The average molecular weight is 314 g/mol. The molecule has 0 bridgehead atoms. The van der Waals surface area contributed by atoms with E-state index in [9.17, 15) is 4.79 Å². The van der Waals surface area contributed by atoms with Gasteiger partial charge in [0.05, 0.1) is 13.7 Å². The Morgan fingerprint density at radius 3 is 2.71 bits per heavy atom. The smallest absolute Gasteiger partial charge is 0.319 e. The van der Waals surface area contributed by atoms with E-state index in [1.807, 2.05) is 0 Å². The quantitative estimate of drug-likeness (QED) is 0.599. The number of hydrogen-bond acceptors (Lipinski definition) is 7. The van der Waals surface area contributed by atoms with Gasteiger partial charge in [0.1, 0.15) is 17.3 Å². The summed E-state index contributed by atoms with van der Waals surface area (Å²) >= 11 is 5.80. The molecule has 1 fully saturated rings. The van der Waals surface area contributed by atoms with Crippen molar-refractivity contribution in [3.63, 3.8) is 0 Å². The highest BCUT2D eigenvalue weighted by atomic mass is 35.5. The van der Waals surface area contributed by atoms with Gasteiger partial charge in [0.15, 0.2) is 0 Å². The van der Waals surface area contributed by atoms with Gasteiger partial charge < -0.3 is 10.1 Å². The summed E-state index contributed by atoms with van der Waals surface area (Å²) in [6.07, 6.45) is 1.44. The van der Waals surface area contributed by atoms with Crippen molar-refractivity contribution in [2.45, 2.75) is 0 Å². The Hall–Kier alpha value is -1.44. The third-order valence-electron chi connectivity index (χ3n) is 3.41. The van der Waals surface area contributed by atoms with Gasteiger partial charge >= 0.3 is 5.97 Å². The Morgan fingerprint density at radius 1 is 1.33 bits per heavy atom. The summed E-state index contributed by atoms with van der Waals surface area (Å²) in [5.74, 6) is 0.560. The molecule has 0 radical (unpaired) electrons. The molecule has 2 heterocycles. The van der Waals surface area contributed by atoms with Crippen LogP contribution in [0.25, 0.3) is 0 Å². The Bertz CT molecular complexity index is 466. The number of rotatable bonds is 6. The summed E-state index contributed by atoms with van der Waals surface area (Å²) in [5, 5.41) is 3.65. The van der Waals surface area contributed by atoms with E-state index < -0.39 is 0 Å². The molecule has 1 N–H and O–H groups in total. The zero-order valence-electron chi connectivity index (χ0n) is 12.1. The van der Waals surface area contributed by atoms with Crippen molar-refractivity contribution in [3.8, 4) is 0 Å². The number of aromatic nitrogens is 2. The van der Waals surface area contributed by atoms with Crippen molar-refractivity contribution < 1.29 is 9.53 Å². The maximum atomic E-state index is 11.2. The lowest BCUT2D eigenvalue weighted by Crippen LogP contribution is -2.49. The van der Waals surface area contributed by atoms with E-state index in [1.165, 1.54) is 13.4 Å². The number of ether oxygens (including phenoxy) is 1. The number of carbonyl (C=O) groups is 1. The molecular formula is C13H20ClN5O2. The first-order valence-corrected chi connectivity index (χ1v) is 7.28. The predicted molar refractivity (Wildman–Crippen MR) is 80.4 cm³/mol. The summed E-state index contributed by atoms with van der Waals surface area (Å²) in [6.45, 7) is 5.76. The summed E-state index contributed by atoms with van der Waals surface area (Å²) < 4.78 is 4.68. The fourth-order valence-corrected chi connectivity index (χ4v) is 2.34. The maximum absolute atomic E-state index is 11.2. The molecule has 1 saturated heterocycles. The van der Waals surface area contributed by atoms with Crippen molar-refractivity contribution in [3.05, 3.63) is 17.5 Å². The fourth-order valence-electron chi connectivity index (χ4n) is 2.19. The minimum absolute atomic E-state index is 0.175. The second-order valence-electron chi connectivity index (χ2n) is 4.85. The number of nitrogens with zero attached hydrogens (tertiary/aromatic N) is 4. The summed E-state index contributed by atoms with van der Waals surface area (Å²) in [6, 6.07) is 1.70. The summed E-state index contributed by atoms with van der Waals surface area (Å²) in [7, 11) is 1.42. The third kappa shape index (κ3) is 5.45. The van der Waals surface area contributed by atoms with Gasteiger partial charge in [0.25, 0.3) is 0 Å². The SMILES string of the molecule is COC(=O)CN1CCN(CCNc2cc(Cl)ncn2)CC1. The van der Waals surface area contributed by atoms with E-state index in [4.69, 9.17) is 11.6 Å². The van der Waals surface area contributed by atoms with E-state index in [-0.39, 0.29) is 5.97 Å². The van der Waals surface area contributed by atoms with Crippen LogP contribution in [0.5, 0.6) is 0 Å². The second kappa shape index (κ2) is 8.11. The molecule has 0 unspecified atom stereocenters. The van der Waals surface area contributed by atoms with Crippen molar-refractivity contribution in [1.29, 1.82) is 0 Å². The molecular weight excluding hydrogens is 294 g/mol. The third-order valence-corrected chi connectivity index (χ3v) is 3.62. The second-order valence-corrected chi connectivity index (χ2v) is 5.23. The molecule has 1 aliphatic heterocycles. The zero-order valence-corrected chi connectivity index (χ0v) is 12.8. The van der Waals surface area contributed by atoms with Gasteiger partial charge in [-0.3, -0.25) is 14.6 Å². The van der Waals surface area contributed by atoms with Crippen molar-refractivity contribution in [2.24, 2.45) is 0 Å². The van der Waals surface area contributed by atoms with Gasteiger partial charge in [-0.15, -0.1) is 0 Å². The summed E-state index contributed by atoms with van der Waals surface area (Å²) in [5.41, 5.74) is 0. The highest BCUT2D eigenvalue weighted by molar-refractivity contribution is 6.29. The van der Waals surface area contributed by atoms with Gasteiger partial charge in [-0.25, -0.2) is 9.97 Å². The lowest BCUT2D eigenvalue weighted by Gasteiger charge is -2.33. The standard InChI is InChI=1S/C13H20ClN5O2/c1-21-13(20)9-19-6-4-18(5-7-19)3-2-15-12-8-11(14)16-10-17-12/h8,10H,2-7,9H2,1H3,(H,15,16,17). The van der Waals surface area contributed by atoms with Crippen LogP contribution in [0.2, 0.25) is 5.15 Å². The topological polar surface area (TPSA) is 70.6 Å². The minimum atomic E-state index is -0.175. The number of halogens is 1. The van der Waals surface area contributed by atoms with Crippen LogP contribution in [0, 0.1) is 0 Å². The van der Waals surface area contributed by atoms with E-state index in [0.717, 1.165) is 45.1 Å². The van der Waals surface area contributed by atoms with Crippen LogP contribution < -0.4 is 5.32 Å². The molecule has 0 amide bonds. The molecule has 0 spiro atoms. The van der Waals surface area contributed by atoms with Crippen LogP contribution in [-0.4, -0.2) is 78.7 Å². The Kier molecular flexibility index (Phi) is 6.16. The largest absolute Gasteiger partial charge is 0.468 e. The Morgan fingerprint density at radius 2 is 2.05 bits per heavy atom. The Labute approximate surface area is 129 Å². The first-order valence-electron chi connectivity index (χ1n) is 6.90. The van der Waals surface area contributed by atoms with Gasteiger partial charge in [0, 0.05) is 45.3 Å². The first kappa shape index (κ1) is 15.9. The first-order chi connectivity index (χ1) is 10.2. The maximum Gasteiger partial charge on any atom is 0.319 e. The van der Waals surface area contributed by atoms with E-state index in [0.29, 0.717) is 11.7 Å². The molecule has 7 nitrogen and oxygen atoms in total. The molecule has 1 aliphatic rings. The average Bonchev–Trinajstić information content (AvgIpc) is 2.49. The van der Waals surface area contributed by atoms with E-state index in [1.54, 1.807) is 6.07 Å². The minimum Gasteiger partial charge on any atom is -0.468 e. The van der Waals surface area contributed by atoms with Crippen LogP contribution in [-0.2, 0) is 9.53 Å².